The Morgan fingerprint density at radius 1 is 1.21 bits per heavy atom. The maximum absolute atomic E-state index is 13.7. The van der Waals surface area contributed by atoms with Crippen molar-refractivity contribution in [1.29, 1.82) is 0 Å². The lowest BCUT2D eigenvalue weighted by atomic mass is 9.88. The highest BCUT2D eigenvalue weighted by Gasteiger charge is 2.27. The first kappa shape index (κ1) is 16.4. The van der Waals surface area contributed by atoms with Crippen LogP contribution >= 0.6 is 0 Å². The Bertz CT molecular complexity index is 675. The Morgan fingerprint density at radius 3 is 2.71 bits per heavy atom. The van der Waals surface area contributed by atoms with E-state index in [0.717, 1.165) is 18.4 Å². The van der Waals surface area contributed by atoms with Crippen LogP contribution in [0.3, 0.4) is 0 Å². The number of amides is 2. The molecule has 1 aliphatic heterocycles. The number of anilines is 1. The average Bonchev–Trinajstić information content (AvgIpc) is 2.63. The van der Waals surface area contributed by atoms with Gasteiger partial charge in [-0.2, -0.15) is 0 Å². The predicted octanol–water partition coefficient (Wildman–Crippen LogP) is 3.51. The highest BCUT2D eigenvalue weighted by Crippen LogP contribution is 2.29. The van der Waals surface area contributed by atoms with Crippen molar-refractivity contribution in [3.05, 3.63) is 60.2 Å². The second-order valence-electron chi connectivity index (χ2n) is 5.79. The lowest BCUT2D eigenvalue weighted by Crippen LogP contribution is -2.38. The number of nitrogens with zero attached hydrogens (tertiary/aromatic N) is 1. The fourth-order valence-corrected chi connectivity index (χ4v) is 2.94. The van der Waals surface area contributed by atoms with Gasteiger partial charge in [-0.1, -0.05) is 18.2 Å². The molecule has 0 saturated carbocycles. The van der Waals surface area contributed by atoms with Crippen molar-refractivity contribution in [3.8, 4) is 0 Å². The van der Waals surface area contributed by atoms with Crippen LogP contribution in [0.25, 0.3) is 0 Å². The van der Waals surface area contributed by atoms with E-state index in [1.165, 1.54) is 12.1 Å². The van der Waals surface area contributed by atoms with E-state index >= 15 is 0 Å². The number of ether oxygens (including phenoxy) is 1. The van der Waals surface area contributed by atoms with Crippen LogP contribution in [0, 0.1) is 11.7 Å². The van der Waals surface area contributed by atoms with Crippen molar-refractivity contribution in [2.24, 2.45) is 5.92 Å². The van der Waals surface area contributed by atoms with Gasteiger partial charge in [-0.25, -0.2) is 9.18 Å². The van der Waals surface area contributed by atoms with Gasteiger partial charge >= 0.3 is 6.03 Å². The summed E-state index contributed by atoms with van der Waals surface area (Å²) in [5.41, 5.74) is 1.10. The smallest absolute Gasteiger partial charge is 0.319 e. The molecular formula is C18H20FN3O2. The molecule has 2 amide bonds. The van der Waals surface area contributed by atoms with Gasteiger partial charge < -0.3 is 15.4 Å². The number of para-hydroxylation sites is 1. The summed E-state index contributed by atoms with van der Waals surface area (Å²) in [4.78, 5) is 16.5. The molecule has 1 aromatic carbocycles. The molecular weight excluding hydrogens is 309 g/mol. The lowest BCUT2D eigenvalue weighted by Gasteiger charge is -2.31. The lowest BCUT2D eigenvalue weighted by molar-refractivity contribution is 0.0550. The molecule has 1 fully saturated rings. The van der Waals surface area contributed by atoms with Crippen LogP contribution in [-0.4, -0.2) is 24.2 Å². The van der Waals surface area contributed by atoms with Crippen molar-refractivity contribution < 1.29 is 13.9 Å². The number of nitrogens with one attached hydrogen (secondary N) is 2. The van der Waals surface area contributed by atoms with Gasteiger partial charge in [-0.05, 0) is 42.5 Å². The van der Waals surface area contributed by atoms with E-state index in [4.69, 9.17) is 4.74 Å². The summed E-state index contributed by atoms with van der Waals surface area (Å²) in [6, 6.07) is 9.27. The van der Waals surface area contributed by atoms with Crippen molar-refractivity contribution in [3.63, 3.8) is 0 Å². The Hall–Kier alpha value is -2.47. The molecule has 1 unspecified atom stereocenters. The molecule has 1 saturated heterocycles. The zero-order valence-corrected chi connectivity index (χ0v) is 13.2. The number of carbonyl (C=O) groups excluding carboxylic acids is 1. The SMILES string of the molecule is O=C(Nc1ccccc1F)NC(c1cccnc1)C1CCOCC1. The summed E-state index contributed by atoms with van der Waals surface area (Å²) >= 11 is 0. The Kier molecular flexibility index (Phi) is 5.38. The minimum absolute atomic E-state index is 0.159. The molecule has 0 bridgehead atoms. The first-order valence-electron chi connectivity index (χ1n) is 8.04. The van der Waals surface area contributed by atoms with Crippen LogP contribution < -0.4 is 10.6 Å². The molecule has 0 radical (unpaired) electrons. The molecule has 6 heteroatoms. The van der Waals surface area contributed by atoms with E-state index in [1.54, 1.807) is 24.5 Å². The fourth-order valence-electron chi connectivity index (χ4n) is 2.94. The Labute approximate surface area is 140 Å². The predicted molar refractivity (Wildman–Crippen MR) is 89.1 cm³/mol. The largest absolute Gasteiger partial charge is 0.381 e. The van der Waals surface area contributed by atoms with Gasteiger partial charge in [0.1, 0.15) is 5.82 Å². The number of rotatable bonds is 4. The molecule has 2 aromatic rings. The van der Waals surface area contributed by atoms with Crippen LogP contribution in [0.4, 0.5) is 14.9 Å². The van der Waals surface area contributed by atoms with E-state index in [2.05, 4.69) is 15.6 Å². The zero-order chi connectivity index (χ0) is 16.8. The maximum atomic E-state index is 13.7. The summed E-state index contributed by atoms with van der Waals surface area (Å²) < 4.78 is 19.1. The summed E-state index contributed by atoms with van der Waals surface area (Å²) in [5, 5.41) is 5.54. The molecule has 5 nitrogen and oxygen atoms in total. The molecule has 3 rings (SSSR count). The Morgan fingerprint density at radius 2 is 2.00 bits per heavy atom. The van der Waals surface area contributed by atoms with Gasteiger partial charge in [0, 0.05) is 25.6 Å². The van der Waals surface area contributed by atoms with Gasteiger partial charge in [0.2, 0.25) is 0 Å². The Balaban J connectivity index is 1.73. The van der Waals surface area contributed by atoms with Gasteiger partial charge in [0.25, 0.3) is 0 Å². The standard InChI is InChI=1S/C18H20FN3O2/c19-15-5-1-2-6-16(15)21-18(23)22-17(13-7-10-24-11-8-13)14-4-3-9-20-12-14/h1-6,9,12-13,17H,7-8,10-11H2,(H2,21,22,23). The van der Waals surface area contributed by atoms with Crippen molar-refractivity contribution in [2.75, 3.05) is 18.5 Å². The van der Waals surface area contributed by atoms with Crippen molar-refractivity contribution in [1.82, 2.24) is 10.3 Å². The maximum Gasteiger partial charge on any atom is 0.319 e. The average molecular weight is 329 g/mol. The third-order valence-electron chi connectivity index (χ3n) is 4.19. The molecule has 1 atom stereocenters. The number of halogens is 1. The summed E-state index contributed by atoms with van der Waals surface area (Å²) in [6.45, 7) is 1.36. The number of aromatic nitrogens is 1. The molecule has 2 heterocycles. The summed E-state index contributed by atoms with van der Waals surface area (Å²) in [7, 11) is 0. The number of benzene rings is 1. The molecule has 2 N–H and O–H groups in total. The number of urea groups is 1. The number of carbonyl (C=O) groups is 1. The molecule has 24 heavy (non-hydrogen) atoms. The highest BCUT2D eigenvalue weighted by atomic mass is 19.1. The number of pyridine rings is 1. The van der Waals surface area contributed by atoms with E-state index in [0.29, 0.717) is 13.2 Å². The van der Waals surface area contributed by atoms with Gasteiger partial charge in [0.15, 0.2) is 0 Å². The van der Waals surface area contributed by atoms with Gasteiger partial charge in [-0.3, -0.25) is 4.98 Å². The number of hydrogen-bond acceptors (Lipinski definition) is 3. The van der Waals surface area contributed by atoms with E-state index < -0.39 is 11.8 Å². The molecule has 126 valence electrons. The first-order chi connectivity index (χ1) is 11.7. The monoisotopic (exact) mass is 329 g/mol. The normalized spacial score (nSPS) is 16.4. The first-order valence-corrected chi connectivity index (χ1v) is 8.04. The van der Waals surface area contributed by atoms with Crippen LogP contribution in [0.5, 0.6) is 0 Å². The molecule has 1 aromatic heterocycles. The third-order valence-corrected chi connectivity index (χ3v) is 4.19. The quantitative estimate of drug-likeness (QED) is 0.902. The molecule has 0 spiro atoms. The second kappa shape index (κ2) is 7.88. The van der Waals surface area contributed by atoms with Crippen molar-refractivity contribution in [2.45, 2.75) is 18.9 Å². The third kappa shape index (κ3) is 4.08. The van der Waals surface area contributed by atoms with Gasteiger partial charge in [-0.15, -0.1) is 0 Å². The number of hydrogen-bond donors (Lipinski definition) is 2. The highest BCUT2D eigenvalue weighted by molar-refractivity contribution is 5.89. The summed E-state index contributed by atoms with van der Waals surface area (Å²) in [5.74, 6) is -0.203. The van der Waals surface area contributed by atoms with Crippen molar-refractivity contribution >= 4 is 11.7 Å². The second-order valence-corrected chi connectivity index (χ2v) is 5.79. The molecule has 0 aliphatic carbocycles. The van der Waals surface area contributed by atoms with E-state index in [9.17, 15) is 9.18 Å². The van der Waals surface area contributed by atoms with Crippen LogP contribution in [-0.2, 0) is 4.74 Å². The van der Waals surface area contributed by atoms with Gasteiger partial charge in [0.05, 0.1) is 11.7 Å². The van der Waals surface area contributed by atoms with Crippen LogP contribution in [0.1, 0.15) is 24.4 Å². The van der Waals surface area contributed by atoms with E-state index in [-0.39, 0.29) is 17.6 Å². The fraction of sp³-hybridized carbons (Fsp3) is 0.333. The van der Waals surface area contributed by atoms with Crippen LogP contribution in [0.15, 0.2) is 48.8 Å². The molecule has 1 aliphatic rings. The topological polar surface area (TPSA) is 63.2 Å². The zero-order valence-electron chi connectivity index (χ0n) is 13.2. The minimum atomic E-state index is -0.461. The minimum Gasteiger partial charge on any atom is -0.381 e. The summed E-state index contributed by atoms with van der Waals surface area (Å²) in [6.07, 6.45) is 5.17. The van der Waals surface area contributed by atoms with Crippen LogP contribution in [0.2, 0.25) is 0 Å². The van der Waals surface area contributed by atoms with E-state index in [1.807, 2.05) is 12.1 Å².